The number of hydrogen-bond acceptors (Lipinski definition) is 4. The lowest BCUT2D eigenvalue weighted by atomic mass is 10.1. The van der Waals surface area contributed by atoms with Crippen LogP contribution in [0.2, 0.25) is 0 Å². The second kappa shape index (κ2) is 13.4. The van der Waals surface area contributed by atoms with Crippen molar-refractivity contribution >= 4 is 27.5 Å². The molecular formula is C28H41N3O4S. The smallest absolute Gasteiger partial charge is 0.242 e. The number of aryl methyl sites for hydroxylation is 3. The number of nitrogens with one attached hydrogen (secondary N) is 1. The SMILES string of the molecule is CCCNC(=O)C(CC)N(Cc1ccc(C)cc1)C(=O)CCCN(c1cc(C)cc(C)c1)S(C)(=O)=O. The molecule has 0 aromatic heterocycles. The average Bonchev–Trinajstić information content (AvgIpc) is 2.79. The summed E-state index contributed by atoms with van der Waals surface area (Å²) in [5.74, 6) is -0.323. The fourth-order valence-electron chi connectivity index (χ4n) is 4.27. The predicted molar refractivity (Wildman–Crippen MR) is 146 cm³/mol. The first-order valence-corrected chi connectivity index (χ1v) is 14.5. The van der Waals surface area contributed by atoms with Crippen LogP contribution in [0, 0.1) is 20.8 Å². The summed E-state index contributed by atoms with van der Waals surface area (Å²) >= 11 is 0. The quantitative estimate of drug-likeness (QED) is 0.426. The molecular weight excluding hydrogens is 474 g/mol. The Morgan fingerprint density at radius 1 is 0.944 bits per heavy atom. The first kappa shape index (κ1) is 29.4. The maximum Gasteiger partial charge on any atom is 0.242 e. The number of carbonyl (C=O) groups is 2. The summed E-state index contributed by atoms with van der Waals surface area (Å²) in [5.41, 5.74) is 4.62. The van der Waals surface area contributed by atoms with Crippen LogP contribution in [0.15, 0.2) is 42.5 Å². The van der Waals surface area contributed by atoms with Crippen LogP contribution < -0.4 is 9.62 Å². The minimum absolute atomic E-state index is 0.139. The molecule has 8 heteroatoms. The number of amides is 2. The standard InChI is InChI=1S/C28H41N3O4S/c1-7-15-29-28(33)26(8-2)30(20-24-13-11-21(3)12-14-24)27(32)10-9-16-31(36(6,34)35)25-18-22(4)17-23(5)19-25/h11-14,17-19,26H,7-10,15-16,20H2,1-6H3,(H,29,33). The molecule has 1 atom stereocenters. The Bertz CT molecular complexity index is 1110. The van der Waals surface area contributed by atoms with Gasteiger partial charge in [-0.1, -0.05) is 49.7 Å². The van der Waals surface area contributed by atoms with E-state index in [1.807, 2.05) is 77.1 Å². The molecule has 198 valence electrons. The normalized spacial score (nSPS) is 12.2. The molecule has 0 aliphatic carbocycles. The third kappa shape index (κ3) is 8.66. The highest BCUT2D eigenvalue weighted by atomic mass is 32.2. The zero-order valence-electron chi connectivity index (χ0n) is 22.5. The lowest BCUT2D eigenvalue weighted by Crippen LogP contribution is -2.49. The zero-order chi connectivity index (χ0) is 26.9. The number of carbonyl (C=O) groups excluding carboxylic acids is 2. The van der Waals surface area contributed by atoms with Crippen molar-refractivity contribution in [1.82, 2.24) is 10.2 Å². The van der Waals surface area contributed by atoms with Crippen molar-refractivity contribution in [1.29, 1.82) is 0 Å². The van der Waals surface area contributed by atoms with Crippen molar-refractivity contribution in [3.63, 3.8) is 0 Å². The third-order valence-corrected chi connectivity index (χ3v) is 7.25. The highest BCUT2D eigenvalue weighted by Gasteiger charge is 2.28. The van der Waals surface area contributed by atoms with Crippen molar-refractivity contribution in [2.45, 2.75) is 72.9 Å². The van der Waals surface area contributed by atoms with E-state index in [4.69, 9.17) is 0 Å². The highest BCUT2D eigenvalue weighted by Crippen LogP contribution is 2.22. The molecule has 0 bridgehead atoms. The number of benzene rings is 2. The van der Waals surface area contributed by atoms with Gasteiger partial charge < -0.3 is 10.2 Å². The van der Waals surface area contributed by atoms with E-state index in [2.05, 4.69) is 5.32 Å². The van der Waals surface area contributed by atoms with Gasteiger partial charge in [0.25, 0.3) is 0 Å². The van der Waals surface area contributed by atoms with E-state index >= 15 is 0 Å². The number of rotatable bonds is 13. The molecule has 0 radical (unpaired) electrons. The Hall–Kier alpha value is -2.87. The molecule has 2 aromatic rings. The molecule has 0 fully saturated rings. The van der Waals surface area contributed by atoms with Gasteiger partial charge in [0, 0.05) is 26.1 Å². The number of nitrogens with zero attached hydrogens (tertiary/aromatic N) is 2. The maximum atomic E-state index is 13.4. The van der Waals surface area contributed by atoms with Gasteiger partial charge in [0.05, 0.1) is 11.9 Å². The predicted octanol–water partition coefficient (Wildman–Crippen LogP) is 4.49. The Labute approximate surface area is 216 Å². The highest BCUT2D eigenvalue weighted by molar-refractivity contribution is 7.92. The van der Waals surface area contributed by atoms with Gasteiger partial charge in [-0.3, -0.25) is 13.9 Å². The van der Waals surface area contributed by atoms with Crippen LogP contribution in [0.5, 0.6) is 0 Å². The molecule has 0 saturated heterocycles. The van der Waals surface area contributed by atoms with Gasteiger partial charge >= 0.3 is 0 Å². The summed E-state index contributed by atoms with van der Waals surface area (Å²) in [5, 5.41) is 2.92. The molecule has 0 aliphatic rings. The van der Waals surface area contributed by atoms with Crippen LogP contribution in [-0.2, 0) is 26.2 Å². The van der Waals surface area contributed by atoms with E-state index < -0.39 is 16.1 Å². The molecule has 0 aliphatic heterocycles. The van der Waals surface area contributed by atoms with Gasteiger partial charge in [-0.05, 0) is 68.9 Å². The lowest BCUT2D eigenvalue weighted by molar-refractivity contribution is -0.141. The monoisotopic (exact) mass is 515 g/mol. The maximum absolute atomic E-state index is 13.4. The van der Waals surface area contributed by atoms with Crippen LogP contribution in [0.3, 0.4) is 0 Å². The summed E-state index contributed by atoms with van der Waals surface area (Å²) in [6.45, 7) is 10.8. The van der Waals surface area contributed by atoms with Crippen LogP contribution >= 0.6 is 0 Å². The molecule has 2 aromatic carbocycles. The molecule has 2 amide bonds. The summed E-state index contributed by atoms with van der Waals surface area (Å²) in [7, 11) is -3.52. The van der Waals surface area contributed by atoms with Gasteiger partial charge in [-0.2, -0.15) is 0 Å². The Kier molecular flexibility index (Phi) is 11.0. The Morgan fingerprint density at radius 3 is 2.08 bits per heavy atom. The summed E-state index contributed by atoms with van der Waals surface area (Å²) in [6, 6.07) is 13.0. The number of sulfonamides is 1. The van der Waals surface area contributed by atoms with Crippen molar-refractivity contribution < 1.29 is 18.0 Å². The second-order valence-corrected chi connectivity index (χ2v) is 11.4. The van der Waals surface area contributed by atoms with Gasteiger partial charge in [0.15, 0.2) is 0 Å². The minimum atomic E-state index is -3.52. The van der Waals surface area contributed by atoms with Gasteiger partial charge in [-0.15, -0.1) is 0 Å². The summed E-state index contributed by atoms with van der Waals surface area (Å²) in [4.78, 5) is 28.0. The molecule has 0 saturated carbocycles. The van der Waals surface area contributed by atoms with Crippen LogP contribution in [0.4, 0.5) is 5.69 Å². The fraction of sp³-hybridized carbons (Fsp3) is 0.500. The van der Waals surface area contributed by atoms with E-state index in [-0.39, 0.29) is 24.8 Å². The van der Waals surface area contributed by atoms with Crippen molar-refractivity contribution in [3.05, 3.63) is 64.7 Å². The zero-order valence-corrected chi connectivity index (χ0v) is 23.3. The molecule has 0 heterocycles. The van der Waals surface area contributed by atoms with Gasteiger partial charge in [0.2, 0.25) is 21.8 Å². The topological polar surface area (TPSA) is 86.8 Å². The van der Waals surface area contributed by atoms with Crippen molar-refractivity contribution in [2.24, 2.45) is 0 Å². The Balaban J connectivity index is 2.22. The van der Waals surface area contributed by atoms with Crippen molar-refractivity contribution in [3.8, 4) is 0 Å². The van der Waals surface area contributed by atoms with E-state index in [9.17, 15) is 18.0 Å². The fourth-order valence-corrected chi connectivity index (χ4v) is 5.22. The van der Waals surface area contributed by atoms with E-state index in [1.165, 1.54) is 10.6 Å². The second-order valence-electron chi connectivity index (χ2n) is 9.51. The molecule has 2 rings (SSSR count). The van der Waals surface area contributed by atoms with Crippen LogP contribution in [0.1, 0.15) is 61.8 Å². The molecule has 36 heavy (non-hydrogen) atoms. The van der Waals surface area contributed by atoms with Crippen molar-refractivity contribution in [2.75, 3.05) is 23.7 Å². The summed E-state index contributed by atoms with van der Waals surface area (Å²) in [6.07, 6.45) is 2.97. The first-order chi connectivity index (χ1) is 17.0. The molecule has 0 spiro atoms. The van der Waals surface area contributed by atoms with E-state index in [1.54, 1.807) is 4.90 Å². The van der Waals surface area contributed by atoms with E-state index in [0.717, 1.165) is 28.7 Å². The number of anilines is 1. The van der Waals surface area contributed by atoms with Gasteiger partial charge in [-0.25, -0.2) is 8.42 Å². The molecule has 7 nitrogen and oxygen atoms in total. The largest absolute Gasteiger partial charge is 0.354 e. The number of hydrogen-bond donors (Lipinski definition) is 1. The van der Waals surface area contributed by atoms with Gasteiger partial charge in [0.1, 0.15) is 6.04 Å². The minimum Gasteiger partial charge on any atom is -0.354 e. The van der Waals surface area contributed by atoms with Crippen LogP contribution in [0.25, 0.3) is 0 Å². The third-order valence-electron chi connectivity index (χ3n) is 6.06. The van der Waals surface area contributed by atoms with E-state index in [0.29, 0.717) is 31.6 Å². The lowest BCUT2D eigenvalue weighted by Gasteiger charge is -2.31. The molecule has 1 unspecified atom stereocenters. The Morgan fingerprint density at radius 2 is 1.56 bits per heavy atom. The average molecular weight is 516 g/mol. The first-order valence-electron chi connectivity index (χ1n) is 12.6. The summed E-state index contributed by atoms with van der Waals surface area (Å²) < 4.78 is 26.5. The van der Waals surface area contributed by atoms with Crippen LogP contribution in [-0.4, -0.2) is 50.5 Å². The molecule has 1 N–H and O–H groups in total.